The van der Waals surface area contributed by atoms with Gasteiger partial charge >= 0.3 is 11.8 Å². The molecule has 120 valence electrons. The van der Waals surface area contributed by atoms with Crippen LogP contribution in [0.3, 0.4) is 0 Å². The largest absolute Gasteiger partial charge is 0.345 e. The molecule has 1 aliphatic rings. The fourth-order valence-corrected chi connectivity index (χ4v) is 2.74. The molecule has 0 heterocycles. The lowest BCUT2D eigenvalue weighted by molar-refractivity contribution is -0.136. The minimum absolute atomic E-state index is 0.0703. The molecule has 22 heavy (non-hydrogen) atoms. The fourth-order valence-electron chi connectivity index (χ4n) is 2.74. The fraction of sp³-hybridized carbons (Fsp3) is 0.556. The summed E-state index contributed by atoms with van der Waals surface area (Å²) >= 11 is 0. The van der Waals surface area contributed by atoms with E-state index in [9.17, 15) is 9.59 Å². The Morgan fingerprint density at radius 3 is 2.09 bits per heavy atom. The van der Waals surface area contributed by atoms with Gasteiger partial charge in [-0.1, -0.05) is 52.2 Å². The van der Waals surface area contributed by atoms with E-state index in [0.717, 1.165) is 25.7 Å². The molecule has 0 saturated heterocycles. The average Bonchev–Trinajstić information content (AvgIpc) is 2.48. The molecule has 1 aliphatic carbocycles. The molecular weight excluding hydrogens is 276 g/mol. The number of amides is 2. The Balaban J connectivity index is 1.89. The monoisotopic (exact) mass is 302 g/mol. The van der Waals surface area contributed by atoms with Crippen molar-refractivity contribution in [3.05, 3.63) is 29.8 Å². The third kappa shape index (κ3) is 4.58. The number of carbonyl (C=O) groups is 2. The molecule has 4 heteroatoms. The maximum atomic E-state index is 11.9. The van der Waals surface area contributed by atoms with Crippen LogP contribution in [0.4, 0.5) is 5.69 Å². The zero-order chi connectivity index (χ0) is 16.2. The molecular formula is C18H26N2O2. The van der Waals surface area contributed by atoms with Gasteiger partial charge in [-0.25, -0.2) is 0 Å². The van der Waals surface area contributed by atoms with Gasteiger partial charge in [-0.2, -0.15) is 0 Å². The van der Waals surface area contributed by atoms with Crippen LogP contribution in [0.15, 0.2) is 24.3 Å². The molecule has 0 bridgehead atoms. The van der Waals surface area contributed by atoms with Crippen molar-refractivity contribution in [2.45, 2.75) is 64.3 Å². The summed E-state index contributed by atoms with van der Waals surface area (Å²) in [7, 11) is 0. The second kappa shape index (κ2) is 6.95. The molecule has 2 amide bonds. The van der Waals surface area contributed by atoms with E-state index in [1.807, 2.05) is 24.3 Å². The minimum Gasteiger partial charge on any atom is -0.345 e. The highest BCUT2D eigenvalue weighted by molar-refractivity contribution is 6.39. The van der Waals surface area contributed by atoms with Gasteiger partial charge in [0.05, 0.1) is 0 Å². The number of anilines is 1. The number of benzene rings is 1. The molecule has 0 spiro atoms. The first-order valence-corrected chi connectivity index (χ1v) is 8.08. The Morgan fingerprint density at radius 1 is 0.955 bits per heavy atom. The van der Waals surface area contributed by atoms with Crippen LogP contribution in [0.2, 0.25) is 0 Å². The van der Waals surface area contributed by atoms with Crippen molar-refractivity contribution in [3.8, 4) is 0 Å². The van der Waals surface area contributed by atoms with Crippen LogP contribution in [0.5, 0.6) is 0 Å². The normalized spacial score (nSPS) is 16.1. The summed E-state index contributed by atoms with van der Waals surface area (Å²) in [4.78, 5) is 23.9. The van der Waals surface area contributed by atoms with E-state index in [-0.39, 0.29) is 11.5 Å². The quantitative estimate of drug-likeness (QED) is 0.823. The summed E-state index contributed by atoms with van der Waals surface area (Å²) in [5.41, 5.74) is 1.91. The van der Waals surface area contributed by atoms with E-state index in [1.54, 1.807) is 0 Å². The lowest BCUT2D eigenvalue weighted by Crippen LogP contribution is -2.42. The first-order chi connectivity index (χ1) is 10.4. The predicted octanol–water partition coefficient (Wildman–Crippen LogP) is 3.37. The summed E-state index contributed by atoms with van der Waals surface area (Å²) < 4.78 is 0. The van der Waals surface area contributed by atoms with Crippen LogP contribution >= 0.6 is 0 Å². The third-order valence-electron chi connectivity index (χ3n) is 4.16. The molecule has 4 nitrogen and oxygen atoms in total. The number of carbonyl (C=O) groups excluding carboxylic acids is 2. The zero-order valence-electron chi connectivity index (χ0n) is 13.7. The second-order valence-corrected chi connectivity index (χ2v) is 7.09. The van der Waals surface area contributed by atoms with Gasteiger partial charge in [0.1, 0.15) is 0 Å². The first-order valence-electron chi connectivity index (χ1n) is 8.08. The zero-order valence-corrected chi connectivity index (χ0v) is 13.7. The van der Waals surface area contributed by atoms with E-state index in [2.05, 4.69) is 31.4 Å². The van der Waals surface area contributed by atoms with Crippen LogP contribution in [-0.4, -0.2) is 17.9 Å². The van der Waals surface area contributed by atoms with E-state index in [4.69, 9.17) is 0 Å². The minimum atomic E-state index is -0.589. The standard InChI is InChI=1S/C18H26N2O2/c1-18(2,3)13-9-11-15(12-10-13)20-17(22)16(21)19-14-7-5-4-6-8-14/h9-12,14H,4-8H2,1-3H3,(H,19,21)(H,20,22). The molecule has 1 fully saturated rings. The summed E-state index contributed by atoms with van der Waals surface area (Å²) in [6.45, 7) is 6.41. The van der Waals surface area contributed by atoms with Crippen molar-refractivity contribution in [3.63, 3.8) is 0 Å². The van der Waals surface area contributed by atoms with E-state index in [0.29, 0.717) is 5.69 Å². The molecule has 1 aromatic carbocycles. The first kappa shape index (κ1) is 16.5. The lowest BCUT2D eigenvalue weighted by Gasteiger charge is -2.22. The number of hydrogen-bond acceptors (Lipinski definition) is 2. The van der Waals surface area contributed by atoms with Crippen molar-refractivity contribution >= 4 is 17.5 Å². The summed E-state index contributed by atoms with van der Waals surface area (Å²) in [6, 6.07) is 7.79. The third-order valence-corrected chi connectivity index (χ3v) is 4.16. The summed E-state index contributed by atoms with van der Waals surface area (Å²) in [5.74, 6) is -1.12. The highest BCUT2D eigenvalue weighted by Crippen LogP contribution is 2.23. The highest BCUT2D eigenvalue weighted by atomic mass is 16.2. The van der Waals surface area contributed by atoms with Gasteiger partial charge < -0.3 is 10.6 Å². The van der Waals surface area contributed by atoms with Crippen LogP contribution in [0, 0.1) is 0 Å². The van der Waals surface area contributed by atoms with E-state index < -0.39 is 11.8 Å². The van der Waals surface area contributed by atoms with Gasteiger partial charge in [0.25, 0.3) is 0 Å². The summed E-state index contributed by atoms with van der Waals surface area (Å²) in [5, 5.41) is 5.48. The van der Waals surface area contributed by atoms with Crippen molar-refractivity contribution in [1.82, 2.24) is 5.32 Å². The van der Waals surface area contributed by atoms with E-state index >= 15 is 0 Å². The number of rotatable bonds is 2. The Labute approximate surface area is 132 Å². The van der Waals surface area contributed by atoms with Crippen molar-refractivity contribution in [2.75, 3.05) is 5.32 Å². The topological polar surface area (TPSA) is 58.2 Å². The molecule has 1 saturated carbocycles. The van der Waals surface area contributed by atoms with Crippen LogP contribution in [0.25, 0.3) is 0 Å². The SMILES string of the molecule is CC(C)(C)c1ccc(NC(=O)C(=O)NC2CCCCC2)cc1. The van der Waals surface area contributed by atoms with Crippen LogP contribution in [0.1, 0.15) is 58.4 Å². The summed E-state index contributed by atoms with van der Waals surface area (Å²) in [6.07, 6.45) is 5.42. The van der Waals surface area contributed by atoms with Gasteiger partial charge in [-0.15, -0.1) is 0 Å². The Bertz CT molecular complexity index is 523. The Kier molecular flexibility index (Phi) is 5.22. The number of nitrogens with one attached hydrogen (secondary N) is 2. The van der Waals surface area contributed by atoms with Gasteiger partial charge in [0, 0.05) is 11.7 Å². The molecule has 0 aromatic heterocycles. The Hall–Kier alpha value is -1.84. The number of hydrogen-bond donors (Lipinski definition) is 2. The molecule has 0 atom stereocenters. The maximum Gasteiger partial charge on any atom is 0.313 e. The van der Waals surface area contributed by atoms with Crippen LogP contribution < -0.4 is 10.6 Å². The second-order valence-electron chi connectivity index (χ2n) is 7.09. The van der Waals surface area contributed by atoms with Gasteiger partial charge in [-0.3, -0.25) is 9.59 Å². The molecule has 0 aliphatic heterocycles. The maximum absolute atomic E-state index is 11.9. The van der Waals surface area contributed by atoms with E-state index in [1.165, 1.54) is 12.0 Å². The van der Waals surface area contributed by atoms with Gasteiger partial charge in [0.15, 0.2) is 0 Å². The molecule has 1 aromatic rings. The average molecular weight is 302 g/mol. The molecule has 2 rings (SSSR count). The van der Waals surface area contributed by atoms with Crippen molar-refractivity contribution in [2.24, 2.45) is 0 Å². The molecule has 0 unspecified atom stereocenters. The molecule has 0 radical (unpaired) electrons. The molecule has 2 N–H and O–H groups in total. The smallest absolute Gasteiger partial charge is 0.313 e. The van der Waals surface area contributed by atoms with Gasteiger partial charge in [0.2, 0.25) is 0 Å². The Morgan fingerprint density at radius 2 is 1.55 bits per heavy atom. The van der Waals surface area contributed by atoms with Gasteiger partial charge in [-0.05, 0) is 36.0 Å². The highest BCUT2D eigenvalue weighted by Gasteiger charge is 2.20. The predicted molar refractivity (Wildman–Crippen MR) is 88.8 cm³/mol. The van der Waals surface area contributed by atoms with Crippen LogP contribution in [-0.2, 0) is 15.0 Å². The van der Waals surface area contributed by atoms with Crippen molar-refractivity contribution < 1.29 is 9.59 Å². The lowest BCUT2D eigenvalue weighted by atomic mass is 9.87. The van der Waals surface area contributed by atoms with Crippen molar-refractivity contribution in [1.29, 1.82) is 0 Å².